The monoisotopic (exact) mass is 379 g/mol. The van der Waals surface area contributed by atoms with Crippen LogP contribution in [0.1, 0.15) is 5.56 Å². The van der Waals surface area contributed by atoms with Gasteiger partial charge in [0.05, 0.1) is 0 Å². The SMILES string of the molecule is Fc1ccc(NCc2ccc(SC(F)(F)F)cc2)c(Br)c1. The molecule has 21 heavy (non-hydrogen) atoms. The smallest absolute Gasteiger partial charge is 0.380 e. The van der Waals surface area contributed by atoms with Crippen LogP contribution in [0.4, 0.5) is 23.2 Å². The van der Waals surface area contributed by atoms with Crippen molar-refractivity contribution in [3.63, 3.8) is 0 Å². The van der Waals surface area contributed by atoms with Gasteiger partial charge >= 0.3 is 5.51 Å². The lowest BCUT2D eigenvalue weighted by Gasteiger charge is -2.10. The Bertz CT molecular complexity index is 613. The Morgan fingerprint density at radius 2 is 1.71 bits per heavy atom. The molecule has 0 aliphatic rings. The molecule has 2 aromatic carbocycles. The highest BCUT2D eigenvalue weighted by atomic mass is 79.9. The molecule has 0 radical (unpaired) electrons. The van der Waals surface area contributed by atoms with E-state index < -0.39 is 5.51 Å². The summed E-state index contributed by atoms with van der Waals surface area (Å²) in [5.74, 6) is -0.346. The molecule has 0 aromatic heterocycles. The summed E-state index contributed by atoms with van der Waals surface area (Å²) in [7, 11) is 0. The molecule has 0 fully saturated rings. The van der Waals surface area contributed by atoms with E-state index in [2.05, 4.69) is 21.2 Å². The summed E-state index contributed by atoms with van der Waals surface area (Å²) in [6.07, 6.45) is 0. The predicted octanol–water partition coefficient (Wildman–Crippen LogP) is 5.81. The summed E-state index contributed by atoms with van der Waals surface area (Å²) >= 11 is 3.09. The van der Waals surface area contributed by atoms with Crippen molar-refractivity contribution in [1.82, 2.24) is 0 Å². The molecule has 0 saturated carbocycles. The number of nitrogens with one attached hydrogen (secondary N) is 1. The molecule has 112 valence electrons. The van der Waals surface area contributed by atoms with E-state index in [4.69, 9.17) is 0 Å². The standard InChI is InChI=1S/C14H10BrF4NS/c15-12-7-10(16)3-6-13(12)20-8-9-1-4-11(5-2-9)21-14(17,18)19/h1-7,20H,8H2. The van der Waals surface area contributed by atoms with Crippen LogP contribution in [0.5, 0.6) is 0 Å². The van der Waals surface area contributed by atoms with Crippen LogP contribution in [0.15, 0.2) is 51.8 Å². The summed E-state index contributed by atoms with van der Waals surface area (Å²) in [4.78, 5) is 0.147. The van der Waals surface area contributed by atoms with Gasteiger partial charge in [-0.25, -0.2) is 4.39 Å². The molecular formula is C14H10BrF4NS. The lowest BCUT2D eigenvalue weighted by Crippen LogP contribution is -2.01. The number of anilines is 1. The lowest BCUT2D eigenvalue weighted by atomic mass is 10.2. The van der Waals surface area contributed by atoms with Gasteiger partial charge in [0.25, 0.3) is 0 Å². The zero-order chi connectivity index (χ0) is 15.5. The first-order valence-electron chi connectivity index (χ1n) is 5.87. The molecule has 2 rings (SSSR count). The van der Waals surface area contributed by atoms with Crippen molar-refractivity contribution in [3.8, 4) is 0 Å². The Morgan fingerprint density at radius 3 is 2.29 bits per heavy atom. The first-order valence-corrected chi connectivity index (χ1v) is 7.48. The van der Waals surface area contributed by atoms with Gasteiger partial charge in [0.1, 0.15) is 5.82 Å². The molecular weight excluding hydrogens is 370 g/mol. The predicted molar refractivity (Wildman–Crippen MR) is 79.8 cm³/mol. The van der Waals surface area contributed by atoms with Crippen molar-refractivity contribution in [3.05, 3.63) is 58.3 Å². The lowest BCUT2D eigenvalue weighted by molar-refractivity contribution is -0.0328. The molecule has 1 nitrogen and oxygen atoms in total. The molecule has 0 unspecified atom stereocenters. The van der Waals surface area contributed by atoms with Crippen molar-refractivity contribution < 1.29 is 17.6 Å². The van der Waals surface area contributed by atoms with Crippen molar-refractivity contribution in [2.24, 2.45) is 0 Å². The molecule has 0 aliphatic heterocycles. The summed E-state index contributed by atoms with van der Waals surface area (Å²) in [6.45, 7) is 0.432. The van der Waals surface area contributed by atoms with Crippen LogP contribution in [0.25, 0.3) is 0 Å². The Kier molecular flexibility index (Phi) is 5.16. The van der Waals surface area contributed by atoms with Crippen molar-refractivity contribution in [1.29, 1.82) is 0 Å². The summed E-state index contributed by atoms with van der Waals surface area (Å²) < 4.78 is 50.1. The van der Waals surface area contributed by atoms with E-state index in [1.165, 1.54) is 24.3 Å². The fraction of sp³-hybridized carbons (Fsp3) is 0.143. The fourth-order valence-electron chi connectivity index (χ4n) is 1.64. The van der Waals surface area contributed by atoms with Crippen molar-refractivity contribution >= 4 is 33.4 Å². The second kappa shape index (κ2) is 6.70. The first-order chi connectivity index (χ1) is 9.83. The normalized spacial score (nSPS) is 11.5. The van der Waals surface area contributed by atoms with Gasteiger partial charge in [-0.3, -0.25) is 0 Å². The maximum absolute atomic E-state index is 12.9. The van der Waals surface area contributed by atoms with Gasteiger partial charge in [0, 0.05) is 21.6 Å². The van der Waals surface area contributed by atoms with Crippen LogP contribution in [0.2, 0.25) is 0 Å². The first kappa shape index (κ1) is 16.2. The van der Waals surface area contributed by atoms with E-state index in [1.54, 1.807) is 18.2 Å². The van der Waals surface area contributed by atoms with Crippen LogP contribution >= 0.6 is 27.7 Å². The minimum Gasteiger partial charge on any atom is -0.380 e. The molecule has 0 saturated heterocycles. The molecule has 2 aromatic rings. The van der Waals surface area contributed by atoms with Crippen LogP contribution in [-0.4, -0.2) is 5.51 Å². The Hall–Kier alpha value is -1.21. The molecule has 0 atom stereocenters. The number of hydrogen-bond donors (Lipinski definition) is 1. The number of alkyl halides is 3. The van der Waals surface area contributed by atoms with E-state index in [0.29, 0.717) is 16.7 Å². The molecule has 0 aliphatic carbocycles. The van der Waals surface area contributed by atoms with Gasteiger partial charge < -0.3 is 5.32 Å². The highest BCUT2D eigenvalue weighted by molar-refractivity contribution is 9.10. The van der Waals surface area contributed by atoms with Crippen LogP contribution < -0.4 is 5.32 Å². The molecule has 7 heteroatoms. The fourth-order valence-corrected chi connectivity index (χ4v) is 2.67. The average molecular weight is 380 g/mol. The van der Waals surface area contributed by atoms with Gasteiger partial charge in [0.15, 0.2) is 0 Å². The third-order valence-corrected chi connectivity index (χ3v) is 3.97. The molecule has 0 amide bonds. The molecule has 0 bridgehead atoms. The van der Waals surface area contributed by atoms with Gasteiger partial charge in [0.2, 0.25) is 0 Å². The second-order valence-corrected chi connectivity index (χ2v) is 6.16. The summed E-state index contributed by atoms with van der Waals surface area (Å²) in [6, 6.07) is 10.4. The number of thioether (sulfide) groups is 1. The zero-order valence-corrected chi connectivity index (χ0v) is 12.9. The van der Waals surface area contributed by atoms with Crippen LogP contribution in [-0.2, 0) is 6.54 Å². The maximum Gasteiger partial charge on any atom is 0.446 e. The van der Waals surface area contributed by atoms with Gasteiger partial charge in [-0.05, 0) is 63.6 Å². The van der Waals surface area contributed by atoms with Gasteiger partial charge in [-0.1, -0.05) is 12.1 Å². The molecule has 0 heterocycles. The zero-order valence-electron chi connectivity index (χ0n) is 10.5. The largest absolute Gasteiger partial charge is 0.446 e. The minimum atomic E-state index is -4.28. The second-order valence-electron chi connectivity index (χ2n) is 4.17. The molecule has 1 N–H and O–H groups in total. The van der Waals surface area contributed by atoms with Crippen LogP contribution in [0.3, 0.4) is 0 Å². The molecule has 0 spiro atoms. The summed E-state index contributed by atoms with van der Waals surface area (Å²) in [5.41, 5.74) is -2.73. The number of hydrogen-bond acceptors (Lipinski definition) is 2. The van der Waals surface area contributed by atoms with Gasteiger partial charge in [-0.15, -0.1) is 0 Å². The third-order valence-electron chi connectivity index (χ3n) is 2.57. The summed E-state index contributed by atoms with van der Waals surface area (Å²) in [5, 5.41) is 3.08. The average Bonchev–Trinajstić information content (AvgIpc) is 2.38. The van der Waals surface area contributed by atoms with Gasteiger partial charge in [-0.2, -0.15) is 13.2 Å². The minimum absolute atomic E-state index is 0.142. The van der Waals surface area contributed by atoms with E-state index in [1.807, 2.05) is 0 Å². The topological polar surface area (TPSA) is 12.0 Å². The third kappa shape index (κ3) is 5.24. The maximum atomic E-state index is 12.9. The van der Waals surface area contributed by atoms with E-state index in [9.17, 15) is 17.6 Å². The van der Waals surface area contributed by atoms with Crippen molar-refractivity contribution in [2.75, 3.05) is 5.32 Å². The number of benzene rings is 2. The van der Waals surface area contributed by atoms with E-state index >= 15 is 0 Å². The highest BCUT2D eigenvalue weighted by Crippen LogP contribution is 2.36. The Balaban J connectivity index is 1.97. The number of rotatable bonds is 4. The van der Waals surface area contributed by atoms with E-state index in [-0.39, 0.29) is 22.5 Å². The Morgan fingerprint density at radius 1 is 1.05 bits per heavy atom. The quantitative estimate of drug-likeness (QED) is 0.531. The van der Waals surface area contributed by atoms with Crippen LogP contribution in [0, 0.1) is 5.82 Å². The number of halogens is 5. The highest BCUT2D eigenvalue weighted by Gasteiger charge is 2.28. The Labute approximate surface area is 131 Å². The van der Waals surface area contributed by atoms with Crippen molar-refractivity contribution in [2.45, 2.75) is 16.9 Å². The van der Waals surface area contributed by atoms with E-state index in [0.717, 1.165) is 5.56 Å².